The first-order chi connectivity index (χ1) is 5.92. The number of hydrogen-bond donors (Lipinski definition) is 1. The molecule has 0 bridgehead atoms. The summed E-state index contributed by atoms with van der Waals surface area (Å²) < 4.78 is 1.99. The van der Waals surface area contributed by atoms with Gasteiger partial charge < -0.3 is 5.11 Å². The van der Waals surface area contributed by atoms with Crippen molar-refractivity contribution in [3.63, 3.8) is 0 Å². The first kappa shape index (κ1) is 8.10. The molecule has 0 amide bonds. The second-order valence-electron chi connectivity index (χ2n) is 2.24. The van der Waals surface area contributed by atoms with E-state index in [4.69, 9.17) is 5.11 Å². The van der Waals surface area contributed by atoms with Crippen molar-refractivity contribution in [2.24, 2.45) is 0 Å². The molecule has 0 fully saturated rings. The fourth-order valence-electron chi connectivity index (χ4n) is 0.952. The molecular formula is C7H8N2OS2. The van der Waals surface area contributed by atoms with Crippen molar-refractivity contribution in [1.29, 1.82) is 0 Å². The third kappa shape index (κ3) is 1.35. The van der Waals surface area contributed by atoms with E-state index in [0.717, 1.165) is 9.86 Å². The molecule has 2 heterocycles. The number of fused-ring (bicyclic) bond motifs is 1. The Morgan fingerprint density at radius 2 is 2.58 bits per heavy atom. The van der Waals surface area contributed by atoms with Crippen LogP contribution in [0.1, 0.15) is 0 Å². The Labute approximate surface area is 78.1 Å². The van der Waals surface area contributed by atoms with Gasteiger partial charge in [0.15, 0.2) is 0 Å². The van der Waals surface area contributed by atoms with Crippen molar-refractivity contribution >= 4 is 27.9 Å². The van der Waals surface area contributed by atoms with Crippen LogP contribution in [0.4, 0.5) is 0 Å². The molecule has 0 saturated heterocycles. The number of hydrogen-bond acceptors (Lipinski definition) is 4. The third-order valence-corrected chi connectivity index (χ3v) is 3.42. The second-order valence-corrected chi connectivity index (χ2v) is 4.22. The predicted molar refractivity (Wildman–Crippen MR) is 50.9 cm³/mol. The van der Waals surface area contributed by atoms with E-state index >= 15 is 0 Å². The summed E-state index contributed by atoms with van der Waals surface area (Å²) in [7, 11) is 0. The molecule has 0 aromatic carbocycles. The number of aromatic nitrogens is 2. The van der Waals surface area contributed by atoms with Gasteiger partial charge in [-0.1, -0.05) is 0 Å². The Morgan fingerprint density at radius 1 is 1.67 bits per heavy atom. The van der Waals surface area contributed by atoms with Gasteiger partial charge in [0.1, 0.15) is 16.2 Å². The van der Waals surface area contributed by atoms with Crippen LogP contribution in [0.3, 0.4) is 0 Å². The van der Waals surface area contributed by atoms with E-state index in [1.165, 1.54) is 0 Å². The van der Waals surface area contributed by atoms with Crippen LogP contribution in [0.5, 0.6) is 0 Å². The Hall–Kier alpha value is -0.520. The van der Waals surface area contributed by atoms with Crippen LogP contribution < -0.4 is 0 Å². The predicted octanol–water partition coefficient (Wildman–Crippen LogP) is 1.48. The standard InChI is InChI=1S/C7H8N2OS2/c10-2-4-11-6-7-9(5-8-6)1-3-12-7/h1,3,5,10H,2,4H2. The number of rotatable bonds is 3. The quantitative estimate of drug-likeness (QED) is 0.763. The summed E-state index contributed by atoms with van der Waals surface area (Å²) in [5.41, 5.74) is 0. The lowest BCUT2D eigenvalue weighted by atomic mass is 10.9. The lowest BCUT2D eigenvalue weighted by Gasteiger charge is -1.91. The smallest absolute Gasteiger partial charge is 0.133 e. The Bertz CT molecular complexity index is 368. The van der Waals surface area contributed by atoms with E-state index in [1.807, 2.05) is 16.0 Å². The molecule has 5 heteroatoms. The summed E-state index contributed by atoms with van der Waals surface area (Å²) in [5, 5.41) is 11.7. The Morgan fingerprint density at radius 3 is 3.42 bits per heavy atom. The van der Waals surface area contributed by atoms with Gasteiger partial charge in [-0.2, -0.15) is 0 Å². The van der Waals surface area contributed by atoms with Crippen molar-refractivity contribution in [2.45, 2.75) is 5.03 Å². The minimum absolute atomic E-state index is 0.203. The first-order valence-electron chi connectivity index (χ1n) is 3.55. The number of aliphatic hydroxyl groups excluding tert-OH is 1. The highest BCUT2D eigenvalue weighted by Gasteiger charge is 2.04. The van der Waals surface area contributed by atoms with E-state index < -0.39 is 0 Å². The summed E-state index contributed by atoms with van der Waals surface area (Å²) >= 11 is 3.26. The molecule has 0 unspecified atom stereocenters. The third-order valence-electron chi connectivity index (χ3n) is 1.45. The number of aliphatic hydroxyl groups is 1. The largest absolute Gasteiger partial charge is 0.396 e. The maximum absolute atomic E-state index is 8.64. The molecule has 0 aliphatic heterocycles. The maximum Gasteiger partial charge on any atom is 0.133 e. The SMILES string of the molecule is OCCSc1ncn2ccsc12. The molecule has 12 heavy (non-hydrogen) atoms. The summed E-state index contributed by atoms with van der Waals surface area (Å²) in [6.07, 6.45) is 3.78. The summed E-state index contributed by atoms with van der Waals surface area (Å²) in [6, 6.07) is 0. The summed E-state index contributed by atoms with van der Waals surface area (Å²) in [6.45, 7) is 0.203. The number of thiazole rings is 1. The monoisotopic (exact) mass is 200 g/mol. The molecule has 2 rings (SSSR count). The molecular weight excluding hydrogens is 192 g/mol. The van der Waals surface area contributed by atoms with Gasteiger partial charge in [-0.15, -0.1) is 23.1 Å². The van der Waals surface area contributed by atoms with Gasteiger partial charge in [-0.25, -0.2) is 4.98 Å². The minimum Gasteiger partial charge on any atom is -0.396 e. The summed E-state index contributed by atoms with van der Waals surface area (Å²) in [4.78, 5) is 5.38. The molecule has 3 nitrogen and oxygen atoms in total. The molecule has 0 radical (unpaired) electrons. The van der Waals surface area contributed by atoms with Crippen molar-refractivity contribution in [3.05, 3.63) is 17.9 Å². The van der Waals surface area contributed by atoms with Crippen LogP contribution in [-0.4, -0.2) is 26.9 Å². The van der Waals surface area contributed by atoms with Gasteiger partial charge in [0.05, 0.1) is 6.61 Å². The Balaban J connectivity index is 2.28. The Kier molecular flexibility index (Phi) is 2.34. The van der Waals surface area contributed by atoms with E-state index in [2.05, 4.69) is 4.98 Å². The molecule has 0 aliphatic rings. The molecule has 64 valence electrons. The van der Waals surface area contributed by atoms with Crippen LogP contribution in [0.2, 0.25) is 0 Å². The molecule has 0 aliphatic carbocycles. The minimum atomic E-state index is 0.203. The fourth-order valence-corrected chi connectivity index (χ4v) is 2.61. The second kappa shape index (κ2) is 3.47. The van der Waals surface area contributed by atoms with Crippen LogP contribution in [-0.2, 0) is 0 Å². The average Bonchev–Trinajstić information content (AvgIpc) is 2.62. The van der Waals surface area contributed by atoms with Crippen LogP contribution in [0.25, 0.3) is 4.83 Å². The van der Waals surface area contributed by atoms with Crippen LogP contribution in [0, 0.1) is 0 Å². The number of imidazole rings is 1. The van der Waals surface area contributed by atoms with Crippen LogP contribution in [0.15, 0.2) is 22.9 Å². The van der Waals surface area contributed by atoms with E-state index in [0.29, 0.717) is 5.75 Å². The highest BCUT2D eigenvalue weighted by atomic mass is 32.2. The average molecular weight is 200 g/mol. The zero-order chi connectivity index (χ0) is 8.39. The molecule has 0 spiro atoms. The molecule has 2 aromatic heterocycles. The van der Waals surface area contributed by atoms with E-state index in [1.54, 1.807) is 29.4 Å². The first-order valence-corrected chi connectivity index (χ1v) is 5.42. The zero-order valence-electron chi connectivity index (χ0n) is 6.30. The normalized spacial score (nSPS) is 11.1. The van der Waals surface area contributed by atoms with Crippen molar-refractivity contribution in [2.75, 3.05) is 12.4 Å². The molecule has 1 N–H and O–H groups in total. The lowest BCUT2D eigenvalue weighted by molar-refractivity contribution is 0.322. The van der Waals surface area contributed by atoms with Gasteiger partial charge in [-0.3, -0.25) is 4.40 Å². The topological polar surface area (TPSA) is 37.5 Å². The van der Waals surface area contributed by atoms with Gasteiger partial charge in [0, 0.05) is 17.3 Å². The van der Waals surface area contributed by atoms with E-state index in [9.17, 15) is 0 Å². The van der Waals surface area contributed by atoms with Crippen molar-refractivity contribution in [1.82, 2.24) is 9.38 Å². The molecule has 0 atom stereocenters. The highest BCUT2D eigenvalue weighted by Crippen LogP contribution is 2.24. The van der Waals surface area contributed by atoms with Crippen LogP contribution >= 0.6 is 23.1 Å². The van der Waals surface area contributed by atoms with Gasteiger partial charge in [0.25, 0.3) is 0 Å². The van der Waals surface area contributed by atoms with E-state index in [-0.39, 0.29) is 6.61 Å². The fraction of sp³-hybridized carbons (Fsp3) is 0.286. The maximum atomic E-state index is 8.64. The van der Waals surface area contributed by atoms with Gasteiger partial charge in [0.2, 0.25) is 0 Å². The van der Waals surface area contributed by atoms with Crippen molar-refractivity contribution < 1.29 is 5.11 Å². The number of nitrogens with zero attached hydrogens (tertiary/aromatic N) is 2. The van der Waals surface area contributed by atoms with Crippen molar-refractivity contribution in [3.8, 4) is 0 Å². The van der Waals surface area contributed by atoms with Gasteiger partial charge in [-0.05, 0) is 0 Å². The molecule has 2 aromatic rings. The number of thioether (sulfide) groups is 1. The summed E-state index contributed by atoms with van der Waals surface area (Å²) in [5.74, 6) is 0.713. The zero-order valence-corrected chi connectivity index (χ0v) is 7.94. The highest BCUT2D eigenvalue weighted by molar-refractivity contribution is 7.99. The van der Waals surface area contributed by atoms with Gasteiger partial charge >= 0.3 is 0 Å². The lowest BCUT2D eigenvalue weighted by Crippen LogP contribution is -1.84. The molecule has 0 saturated carbocycles.